The van der Waals surface area contributed by atoms with Gasteiger partial charge in [0.25, 0.3) is 26.1 Å². The molecule has 2 aliphatic heterocycles. The second kappa shape index (κ2) is 31.5. The molecule has 8 unspecified atom stereocenters. The summed E-state index contributed by atoms with van der Waals surface area (Å²) in [6.45, 7) is -3.61. The topological polar surface area (TPSA) is 596 Å². The third kappa shape index (κ3) is 18.6. The summed E-state index contributed by atoms with van der Waals surface area (Å²) in [6.07, 6.45) is -0.0842. The molecule has 3 aliphatic carbocycles. The van der Waals surface area contributed by atoms with E-state index in [1.807, 2.05) is 0 Å². The summed E-state index contributed by atoms with van der Waals surface area (Å²) in [6, 6.07) is 3.22. The smallest absolute Gasteiger partial charge is 0.495 e. The van der Waals surface area contributed by atoms with Crippen molar-refractivity contribution in [3.8, 4) is 11.8 Å². The van der Waals surface area contributed by atoms with Crippen molar-refractivity contribution in [2.75, 3.05) is 45.3 Å². The Morgan fingerprint density at radius 3 is 2.45 bits per heavy atom. The number of carboxylic acids is 1. The summed E-state index contributed by atoms with van der Waals surface area (Å²) in [5.74, 6) is -2.25. The molecule has 2 aromatic rings. The Morgan fingerprint density at radius 1 is 1.02 bits per heavy atom. The molecule has 45 heteroatoms. The van der Waals surface area contributed by atoms with E-state index in [-0.39, 0.29) is 103 Å². The number of fused-ring (bicyclic) bond motifs is 1. The Hall–Kier alpha value is -9.12. The predicted octanol–water partition coefficient (Wildman–Crippen LogP) is 3.90. The number of allylic oxidation sites excluding steroid dienone is 6. The van der Waals surface area contributed by atoms with Crippen LogP contribution in [-0.4, -0.2) is 139 Å². The summed E-state index contributed by atoms with van der Waals surface area (Å²) in [4.78, 5) is 81.7. The molecule has 3 amide bonds. The molecule has 0 radical (unpaired) electrons. The number of amides is 3. The van der Waals surface area contributed by atoms with E-state index in [2.05, 4.69) is 61.7 Å². The molecule has 10 atom stereocenters. The minimum absolute atomic E-state index is 0.0314. The van der Waals surface area contributed by atoms with E-state index >= 15 is 0 Å². The van der Waals surface area contributed by atoms with Crippen LogP contribution in [0.25, 0.3) is 26.5 Å². The first kappa shape index (κ1) is 71.3. The van der Waals surface area contributed by atoms with Gasteiger partial charge in [0.15, 0.2) is 43.6 Å². The Morgan fingerprint density at radius 2 is 1.76 bits per heavy atom. The number of nitrogens with zero attached hydrogens (tertiary/aromatic N) is 8. The first-order valence-electron chi connectivity index (χ1n) is 26.3. The van der Waals surface area contributed by atoms with Gasteiger partial charge in [0.2, 0.25) is 11.8 Å². The normalized spacial score (nSPS) is 20.5. The zero-order chi connectivity index (χ0) is 68.1. The van der Waals surface area contributed by atoms with Gasteiger partial charge in [0.1, 0.15) is 36.7 Å². The zero-order valence-corrected chi connectivity index (χ0v) is 51.8. The second-order valence-electron chi connectivity index (χ2n) is 19.5. The van der Waals surface area contributed by atoms with E-state index in [1.54, 1.807) is 0 Å². The van der Waals surface area contributed by atoms with Gasteiger partial charge in [-0.25, -0.2) is 9.59 Å². The third-order valence-corrected chi connectivity index (χ3v) is 18.1. The highest BCUT2D eigenvalue weighted by Crippen LogP contribution is 2.51. The molecule has 12 N–H and O–H groups in total. The van der Waals surface area contributed by atoms with Gasteiger partial charge in [0, 0.05) is 64.6 Å². The number of nitrogen functional groups attached to an aromatic ring is 1. The van der Waals surface area contributed by atoms with Crippen LogP contribution in [-0.2, 0) is 85.1 Å². The lowest BCUT2D eigenvalue weighted by atomic mass is 9.75. The van der Waals surface area contributed by atoms with E-state index in [1.165, 1.54) is 25.2 Å². The summed E-state index contributed by atoms with van der Waals surface area (Å²) in [7, 11) is -20.5. The minimum Gasteiger partial charge on any atom is -0.495 e. The molecule has 1 saturated carbocycles. The highest BCUT2D eigenvalue weighted by molar-refractivity contribution is 7.90. The summed E-state index contributed by atoms with van der Waals surface area (Å²) in [5.41, 5.74) is 31.2. The number of carbonyl (C=O) groups excluding carboxylic acids is 3. The lowest BCUT2D eigenvalue weighted by Crippen LogP contribution is -2.48. The van der Waals surface area contributed by atoms with Gasteiger partial charge in [-0.2, -0.15) is 26.2 Å². The maximum absolute atomic E-state index is 14.1. The number of alkyl halides is 1. The molecule has 39 nitrogen and oxygen atoms in total. The average Bonchev–Trinajstić information content (AvgIpc) is 1.13. The number of nitrogens with two attached hydrogens (primary N) is 2. The number of azide groups is 2. The summed E-state index contributed by atoms with van der Waals surface area (Å²) >= 11 is 0. The van der Waals surface area contributed by atoms with E-state index in [9.17, 15) is 73.1 Å². The average molecular weight is 1400 g/mol. The van der Waals surface area contributed by atoms with Crippen LogP contribution in [0, 0.1) is 29.1 Å². The highest BCUT2D eigenvalue weighted by Gasteiger charge is 2.51. The number of carboxylic acid groups (broad SMARTS) is 1. The molecule has 1 fully saturated rings. The van der Waals surface area contributed by atoms with Crippen molar-refractivity contribution in [2.45, 2.75) is 69.3 Å². The van der Waals surface area contributed by atoms with Crippen molar-refractivity contribution in [2.24, 2.45) is 27.8 Å². The predicted molar refractivity (Wildman–Crippen MR) is 311 cm³/mol. The number of aromatic carboxylic acids is 1. The number of benzene rings is 1. The number of hydrogen-bond acceptors (Lipinski definition) is 27. The molecule has 1 aromatic heterocycles. The van der Waals surface area contributed by atoms with Crippen LogP contribution >= 0.6 is 24.8 Å². The third-order valence-electron chi connectivity index (χ3n) is 13.5. The van der Waals surface area contributed by atoms with Gasteiger partial charge in [-0.15, -0.1) is 9.42 Å². The van der Waals surface area contributed by atoms with Crippen molar-refractivity contribution < 1.29 is 115 Å². The monoisotopic (exact) mass is 1400 g/mol. The molecule has 494 valence electrons. The standard InChI is InChI=1S/C48H48FN14O25P3S2/c1-22-14-30-37(28-9-10-31(50)41(92(74,75)76)39(28)86-40(30)42(38(22)51)93(77,78)79)29-16-24(7-8-27(29)46(67)68)45(66)59-58-44(65)23-4-2-6-26(15-23)82-21-35(57-61-53)81-13-12-80-20-34(64)55-11-3-5-25-18-63(48(69)56-43(25)52)36-17-32(85-47(49)60-62-54)33(84-36)19-83-90(72)88-91(73)87-89(70)71/h2,4,6-8,16,18,22-23,35-36,39,41,47,50H,9-15,17,19-21,51H2,1H3,(H6-3,52,55,56,58,59,64,65,66,67,68,69,70,71,74,75,76,77,78,79)/p+3/t22?,23?,35?,36-,39?,41?,47-/m1/s1. The van der Waals surface area contributed by atoms with Gasteiger partial charge in [-0.3, -0.25) is 38.9 Å². The second-order valence-corrected chi connectivity index (χ2v) is 25.3. The highest BCUT2D eigenvalue weighted by atomic mass is 32.2. The summed E-state index contributed by atoms with van der Waals surface area (Å²) < 4.78 is 167. The number of nitrogens with one attached hydrogen (secondary N) is 4. The van der Waals surface area contributed by atoms with E-state index in [0.29, 0.717) is 0 Å². The quantitative estimate of drug-likeness (QED) is 0.00664. The van der Waals surface area contributed by atoms with Crippen LogP contribution in [0.15, 0.2) is 102 Å². The molecule has 5 aliphatic rings. The maximum atomic E-state index is 14.1. The minimum atomic E-state index is -5.23. The van der Waals surface area contributed by atoms with Crippen LogP contribution in [0.2, 0.25) is 0 Å². The van der Waals surface area contributed by atoms with Crippen molar-refractivity contribution in [1.82, 2.24) is 25.7 Å². The molecular weight excluding hydrogens is 1350 g/mol. The molecule has 3 heterocycles. The van der Waals surface area contributed by atoms with E-state index in [4.69, 9.17) is 65.8 Å². The number of aromatic nitrogens is 2. The number of anilines is 1. The van der Waals surface area contributed by atoms with Crippen LogP contribution in [0.3, 0.4) is 0 Å². The van der Waals surface area contributed by atoms with E-state index in [0.717, 1.165) is 29.0 Å². The molecule has 0 bridgehead atoms. The first-order chi connectivity index (χ1) is 44.0. The Bertz CT molecular complexity index is 4140. The lowest BCUT2D eigenvalue weighted by Gasteiger charge is -2.42. The Labute approximate surface area is 525 Å². The number of carbonyl (C=O) groups is 4. The number of ether oxygens (including phenoxy) is 6. The molecule has 0 saturated heterocycles. The fourth-order valence-electron chi connectivity index (χ4n) is 9.46. The number of hydrazine groups is 1. The van der Waals surface area contributed by atoms with Crippen molar-refractivity contribution in [3.05, 3.63) is 141 Å². The maximum Gasteiger partial charge on any atom is 0.798 e. The van der Waals surface area contributed by atoms with Crippen LogP contribution < -0.4 is 33.3 Å². The molecule has 93 heavy (non-hydrogen) atoms. The van der Waals surface area contributed by atoms with E-state index < -0.39 is 170 Å². The largest absolute Gasteiger partial charge is 0.798 e. The van der Waals surface area contributed by atoms with Gasteiger partial charge in [-0.1, -0.05) is 36.0 Å². The number of rotatable bonds is 28. The SMILES string of the molecule is CC1CC2=C(OC3C(=C2c2cc(C(=O)NNC(=O)C4C=CC=C(OCC(N=[N+]=[N-])OCCOCC(=O)NCC#Cc5cn([C@H]6CC(O[C@H](F)N=[N+]=[N-])=C(CO[P+](=O)O[P+](=O)O[P+](=O)O)O6)c(=O)nc5N)C4)ccc2C(=O)O)CCC(=N)C3S(=O)(=O)O)C(S(=O)(=O)O)=C1N. The van der Waals surface area contributed by atoms with Crippen LogP contribution in [0.4, 0.5) is 10.2 Å². The Balaban J connectivity index is 0.886. The zero-order valence-electron chi connectivity index (χ0n) is 47.5. The van der Waals surface area contributed by atoms with Crippen molar-refractivity contribution >= 4 is 85.8 Å². The fraction of sp³-hybridized carbons (Fsp3) is 0.396. The van der Waals surface area contributed by atoms with Crippen molar-refractivity contribution in [3.63, 3.8) is 0 Å². The lowest BCUT2D eigenvalue weighted by molar-refractivity contribution is -0.126. The molecular formula is C48H51FN14O25P3S2+3. The molecule has 0 spiro atoms. The molecule has 7 rings (SSSR count). The fourth-order valence-corrected chi connectivity index (χ4v) is 13.1. The van der Waals surface area contributed by atoms with Crippen LogP contribution in [0.5, 0.6) is 0 Å². The van der Waals surface area contributed by atoms with Gasteiger partial charge in [0.05, 0.1) is 49.0 Å². The number of hydrogen-bond donors (Lipinski definition) is 10. The van der Waals surface area contributed by atoms with Crippen LogP contribution in [0.1, 0.15) is 77.1 Å². The van der Waals surface area contributed by atoms with Crippen molar-refractivity contribution in [1.29, 1.82) is 5.41 Å². The first-order valence-corrected chi connectivity index (χ1v) is 32.6. The van der Waals surface area contributed by atoms with Gasteiger partial charge in [-0.05, 0) is 76.4 Å². The Kier molecular flexibility index (Phi) is 24.1. The number of halogens is 1. The van der Waals surface area contributed by atoms with Gasteiger partial charge >= 0.3 is 42.9 Å². The molecule has 1 aromatic carbocycles. The summed E-state index contributed by atoms with van der Waals surface area (Å²) in [5, 5.41) is 25.4. The van der Waals surface area contributed by atoms with Gasteiger partial charge < -0.3 is 55.7 Å².